The monoisotopic (exact) mass is 494 g/mol. The van der Waals surface area contributed by atoms with E-state index in [1.165, 1.54) is 6.07 Å². The minimum Gasteiger partial charge on any atom is -0.392 e. The molecule has 5 nitrogen and oxygen atoms in total. The fourth-order valence-electron chi connectivity index (χ4n) is 4.14. The number of fused-ring (bicyclic) bond motifs is 1. The Kier molecular flexibility index (Phi) is 8.54. The number of aromatic nitrogens is 3. The van der Waals surface area contributed by atoms with Gasteiger partial charge in [0.05, 0.1) is 12.3 Å². The second kappa shape index (κ2) is 12.2. The fourth-order valence-corrected chi connectivity index (χ4v) is 4.14. The lowest BCUT2D eigenvalue weighted by atomic mass is 9.98. The number of hydrogen-bond acceptors (Lipinski definition) is 5. The number of allylic oxidation sites excluding steroid dienone is 2. The van der Waals surface area contributed by atoms with Crippen LogP contribution in [0.25, 0.3) is 39.0 Å². The van der Waals surface area contributed by atoms with Crippen LogP contribution in [0.2, 0.25) is 0 Å². The van der Waals surface area contributed by atoms with Gasteiger partial charge in [0.15, 0.2) is 5.65 Å². The zero-order valence-corrected chi connectivity index (χ0v) is 21.2. The van der Waals surface area contributed by atoms with E-state index in [1.807, 2.05) is 36.5 Å². The Bertz CT molecular complexity index is 1450. The quantitative estimate of drug-likeness (QED) is 0.197. The number of halogens is 1. The molecule has 3 heterocycles. The van der Waals surface area contributed by atoms with Gasteiger partial charge in [0, 0.05) is 59.5 Å². The third kappa shape index (κ3) is 5.98. The third-order valence-electron chi connectivity index (χ3n) is 6.39. The van der Waals surface area contributed by atoms with E-state index in [2.05, 4.69) is 52.5 Å². The van der Waals surface area contributed by atoms with E-state index in [1.54, 1.807) is 36.7 Å². The molecule has 0 aliphatic heterocycles. The van der Waals surface area contributed by atoms with E-state index in [9.17, 15) is 4.39 Å². The number of aliphatic hydroxyl groups excluding tert-OH is 1. The predicted octanol–water partition coefficient (Wildman–Crippen LogP) is 6.67. The van der Waals surface area contributed by atoms with Crippen molar-refractivity contribution in [1.82, 2.24) is 19.9 Å². The first-order valence-electron chi connectivity index (χ1n) is 12.4. The summed E-state index contributed by atoms with van der Waals surface area (Å²) in [4.78, 5) is 15.8. The molecular weight excluding hydrogens is 463 g/mol. The smallest absolute Gasteiger partial charge is 0.160 e. The van der Waals surface area contributed by atoms with Crippen LogP contribution in [-0.4, -0.2) is 44.2 Å². The third-order valence-corrected chi connectivity index (χ3v) is 6.39. The first kappa shape index (κ1) is 25.9. The highest BCUT2D eigenvalue weighted by Gasteiger charge is 2.14. The standard InChI is InChI=1S/C31H31FN4O/c1-4-22(3)36(15-8-9-16-37)21-23(5-2)24-17-25(20-33-19-24)28-18-30(27-11-6-7-13-29(27)32)35-31-26(28)12-10-14-34-31/h5-14,17-22,37H,2,4,15-16H2,1,3H3/b9-8+,23-21+/t22-/m1/s1. The van der Waals surface area contributed by atoms with Gasteiger partial charge in [-0.1, -0.05) is 43.9 Å². The van der Waals surface area contributed by atoms with Crippen LogP contribution in [0.3, 0.4) is 0 Å². The lowest BCUT2D eigenvalue weighted by Gasteiger charge is -2.27. The summed E-state index contributed by atoms with van der Waals surface area (Å²) in [6.45, 7) is 9.05. The zero-order valence-electron chi connectivity index (χ0n) is 21.2. The predicted molar refractivity (Wildman–Crippen MR) is 149 cm³/mol. The summed E-state index contributed by atoms with van der Waals surface area (Å²) in [6, 6.07) is 14.7. The fraction of sp³-hybridized carbons (Fsp3) is 0.194. The molecular formula is C31H31FN4O. The number of nitrogens with zero attached hydrogens (tertiary/aromatic N) is 4. The summed E-state index contributed by atoms with van der Waals surface area (Å²) in [7, 11) is 0. The number of rotatable bonds is 10. The van der Waals surface area contributed by atoms with Crippen molar-refractivity contribution in [3.8, 4) is 22.4 Å². The van der Waals surface area contributed by atoms with Crippen molar-refractivity contribution in [2.24, 2.45) is 0 Å². The topological polar surface area (TPSA) is 62.1 Å². The van der Waals surface area contributed by atoms with Gasteiger partial charge >= 0.3 is 0 Å². The van der Waals surface area contributed by atoms with Crippen molar-refractivity contribution >= 4 is 16.6 Å². The minimum absolute atomic E-state index is 0.0158. The Morgan fingerprint density at radius 3 is 2.70 bits per heavy atom. The molecule has 188 valence electrons. The molecule has 0 saturated carbocycles. The largest absolute Gasteiger partial charge is 0.392 e. The molecule has 0 radical (unpaired) electrons. The van der Waals surface area contributed by atoms with Crippen LogP contribution < -0.4 is 0 Å². The Balaban J connectivity index is 1.82. The number of pyridine rings is 3. The number of aliphatic hydroxyl groups is 1. The van der Waals surface area contributed by atoms with Crippen LogP contribution in [0.5, 0.6) is 0 Å². The van der Waals surface area contributed by atoms with Gasteiger partial charge in [-0.3, -0.25) is 4.98 Å². The molecule has 0 bridgehead atoms. The Labute approximate surface area is 217 Å². The van der Waals surface area contributed by atoms with Gasteiger partial charge in [-0.15, -0.1) is 0 Å². The molecule has 0 unspecified atom stereocenters. The van der Waals surface area contributed by atoms with E-state index >= 15 is 0 Å². The Morgan fingerprint density at radius 1 is 1.11 bits per heavy atom. The zero-order chi connectivity index (χ0) is 26.2. The van der Waals surface area contributed by atoms with Crippen LogP contribution in [0.4, 0.5) is 4.39 Å². The van der Waals surface area contributed by atoms with Gasteiger partial charge in [0.2, 0.25) is 0 Å². The van der Waals surface area contributed by atoms with E-state index in [0.717, 1.165) is 34.1 Å². The number of hydrogen-bond donors (Lipinski definition) is 1. The van der Waals surface area contributed by atoms with Crippen molar-refractivity contribution in [3.05, 3.63) is 110 Å². The van der Waals surface area contributed by atoms with Gasteiger partial charge in [-0.05, 0) is 60.9 Å². The van der Waals surface area contributed by atoms with Gasteiger partial charge in [0.25, 0.3) is 0 Å². The molecule has 3 aromatic heterocycles. The summed E-state index contributed by atoms with van der Waals surface area (Å²) in [5, 5.41) is 9.99. The lowest BCUT2D eigenvalue weighted by Crippen LogP contribution is -2.28. The van der Waals surface area contributed by atoms with Crippen molar-refractivity contribution in [2.45, 2.75) is 26.3 Å². The highest BCUT2D eigenvalue weighted by Crippen LogP contribution is 2.33. The second-order valence-electron chi connectivity index (χ2n) is 8.77. The maximum atomic E-state index is 14.6. The van der Waals surface area contributed by atoms with E-state index in [0.29, 0.717) is 29.5 Å². The molecule has 0 aliphatic carbocycles. The van der Waals surface area contributed by atoms with Gasteiger partial charge in [-0.25, -0.2) is 14.4 Å². The molecule has 6 heteroatoms. The average molecular weight is 495 g/mol. The Hall–Kier alpha value is -4.16. The molecule has 4 rings (SSSR count). The molecule has 1 atom stereocenters. The molecule has 1 N–H and O–H groups in total. The van der Waals surface area contributed by atoms with E-state index in [-0.39, 0.29) is 12.4 Å². The summed E-state index contributed by atoms with van der Waals surface area (Å²) < 4.78 is 14.6. The summed E-state index contributed by atoms with van der Waals surface area (Å²) >= 11 is 0. The van der Waals surface area contributed by atoms with Crippen LogP contribution in [-0.2, 0) is 0 Å². The van der Waals surface area contributed by atoms with Gasteiger partial charge in [-0.2, -0.15) is 0 Å². The van der Waals surface area contributed by atoms with Crippen LogP contribution in [0.15, 0.2) is 98.1 Å². The SMILES string of the molecule is C=C/C(=C\N(C/C=C/CO)[C@H](C)CC)c1cncc(-c2cc(-c3ccccc3F)nc3ncccc23)c1. The lowest BCUT2D eigenvalue weighted by molar-refractivity contribution is 0.312. The van der Waals surface area contributed by atoms with Crippen LogP contribution in [0.1, 0.15) is 25.8 Å². The normalized spacial score (nSPS) is 12.7. The first-order valence-corrected chi connectivity index (χ1v) is 12.4. The first-order chi connectivity index (χ1) is 18.0. The van der Waals surface area contributed by atoms with E-state index < -0.39 is 0 Å². The van der Waals surface area contributed by atoms with Crippen LogP contribution in [0, 0.1) is 5.82 Å². The molecule has 0 spiro atoms. The minimum atomic E-state index is -0.333. The van der Waals surface area contributed by atoms with Gasteiger partial charge in [0.1, 0.15) is 5.82 Å². The molecule has 4 aromatic rings. The van der Waals surface area contributed by atoms with Crippen molar-refractivity contribution in [1.29, 1.82) is 0 Å². The van der Waals surface area contributed by atoms with Crippen LogP contribution >= 0.6 is 0 Å². The summed E-state index contributed by atoms with van der Waals surface area (Å²) in [6.07, 6.45) is 13.9. The second-order valence-corrected chi connectivity index (χ2v) is 8.77. The highest BCUT2D eigenvalue weighted by molar-refractivity contribution is 5.95. The van der Waals surface area contributed by atoms with E-state index in [4.69, 9.17) is 5.11 Å². The maximum absolute atomic E-state index is 14.6. The van der Waals surface area contributed by atoms with Crippen molar-refractivity contribution in [2.75, 3.05) is 13.2 Å². The molecule has 0 saturated heterocycles. The number of benzene rings is 1. The Morgan fingerprint density at radius 2 is 1.95 bits per heavy atom. The molecule has 37 heavy (non-hydrogen) atoms. The summed E-state index contributed by atoms with van der Waals surface area (Å²) in [5.74, 6) is -0.333. The molecule has 0 aliphatic rings. The van der Waals surface area contributed by atoms with Gasteiger partial charge < -0.3 is 10.0 Å². The molecule has 1 aromatic carbocycles. The summed E-state index contributed by atoms with van der Waals surface area (Å²) in [5.41, 5.74) is 5.07. The van der Waals surface area contributed by atoms with Crippen molar-refractivity contribution < 1.29 is 9.50 Å². The highest BCUT2D eigenvalue weighted by atomic mass is 19.1. The average Bonchev–Trinajstić information content (AvgIpc) is 2.94. The van der Waals surface area contributed by atoms with Crippen molar-refractivity contribution in [3.63, 3.8) is 0 Å². The maximum Gasteiger partial charge on any atom is 0.160 e. The molecule has 0 amide bonds. The molecule has 0 fully saturated rings.